The first-order valence-corrected chi connectivity index (χ1v) is 3.26. The average Bonchev–Trinajstić information content (AvgIpc) is 1.97. The molecule has 11 heavy (non-hydrogen) atoms. The van der Waals surface area contributed by atoms with Gasteiger partial charge in [-0.2, -0.15) is 0 Å². The smallest absolute Gasteiger partial charge is 0.272 e. The lowest BCUT2D eigenvalue weighted by molar-refractivity contribution is 0.390. The van der Waals surface area contributed by atoms with Crippen LogP contribution in [0.4, 0.5) is 0 Å². The van der Waals surface area contributed by atoms with Crippen LogP contribution in [0.1, 0.15) is 11.4 Å². The highest BCUT2D eigenvalue weighted by Crippen LogP contribution is 2.06. The Kier molecular flexibility index (Phi) is 1.94. The van der Waals surface area contributed by atoms with E-state index in [0.29, 0.717) is 17.3 Å². The first kappa shape index (κ1) is 7.78. The van der Waals surface area contributed by atoms with E-state index in [2.05, 4.69) is 9.97 Å². The molecule has 4 heteroatoms. The molecular formula is C7H10N2O2. The van der Waals surface area contributed by atoms with Gasteiger partial charge in [0.25, 0.3) is 5.56 Å². The predicted octanol–water partition coefficient (Wildman–Crippen LogP) is 0.395. The van der Waals surface area contributed by atoms with Gasteiger partial charge in [0.1, 0.15) is 5.69 Å². The summed E-state index contributed by atoms with van der Waals surface area (Å²) in [5.74, 6) is 0.431. The van der Waals surface area contributed by atoms with Crippen LogP contribution >= 0.6 is 0 Å². The number of rotatable bonds is 1. The fourth-order valence-corrected chi connectivity index (χ4v) is 0.836. The molecule has 0 unspecified atom stereocenters. The molecule has 0 aliphatic heterocycles. The fraction of sp³-hybridized carbons (Fsp3) is 0.429. The number of aromatic nitrogens is 2. The van der Waals surface area contributed by atoms with E-state index in [1.54, 1.807) is 13.8 Å². The maximum absolute atomic E-state index is 11.0. The maximum Gasteiger partial charge on any atom is 0.272 e. The van der Waals surface area contributed by atoms with Crippen LogP contribution in [-0.4, -0.2) is 17.1 Å². The molecule has 4 nitrogen and oxygen atoms in total. The molecule has 1 N–H and O–H groups in total. The Labute approximate surface area is 64.2 Å². The summed E-state index contributed by atoms with van der Waals surface area (Å²) in [6, 6.07) is 0. The van der Waals surface area contributed by atoms with E-state index >= 15 is 0 Å². The summed E-state index contributed by atoms with van der Waals surface area (Å²) in [4.78, 5) is 17.5. The SMILES string of the molecule is COc1[nH]c(=O)c(C)nc1C. The number of hydrogen-bond donors (Lipinski definition) is 1. The third-order valence-electron chi connectivity index (χ3n) is 1.42. The minimum absolute atomic E-state index is 0.201. The lowest BCUT2D eigenvalue weighted by Crippen LogP contribution is -2.14. The molecule has 0 amide bonds. The van der Waals surface area contributed by atoms with Gasteiger partial charge in [-0.1, -0.05) is 0 Å². The number of aryl methyl sites for hydroxylation is 2. The Balaban J connectivity index is 3.32. The van der Waals surface area contributed by atoms with E-state index in [1.165, 1.54) is 7.11 Å². The monoisotopic (exact) mass is 154 g/mol. The minimum atomic E-state index is -0.201. The van der Waals surface area contributed by atoms with Crippen molar-refractivity contribution >= 4 is 0 Å². The summed E-state index contributed by atoms with van der Waals surface area (Å²) in [5, 5.41) is 0. The third-order valence-corrected chi connectivity index (χ3v) is 1.42. The van der Waals surface area contributed by atoms with Crippen molar-refractivity contribution in [3.8, 4) is 5.88 Å². The van der Waals surface area contributed by atoms with Crippen molar-refractivity contribution < 1.29 is 4.74 Å². The van der Waals surface area contributed by atoms with E-state index in [4.69, 9.17) is 4.74 Å². The molecule has 0 aliphatic carbocycles. The highest BCUT2D eigenvalue weighted by Gasteiger charge is 2.02. The second kappa shape index (κ2) is 2.74. The highest BCUT2D eigenvalue weighted by atomic mass is 16.5. The van der Waals surface area contributed by atoms with Crippen molar-refractivity contribution in [2.24, 2.45) is 0 Å². The van der Waals surface area contributed by atoms with Crippen molar-refractivity contribution in [3.05, 3.63) is 21.7 Å². The number of aromatic amines is 1. The van der Waals surface area contributed by atoms with Gasteiger partial charge in [-0.05, 0) is 13.8 Å². The Morgan fingerprint density at radius 1 is 1.36 bits per heavy atom. The lowest BCUT2D eigenvalue weighted by Gasteiger charge is -2.02. The fourth-order valence-electron chi connectivity index (χ4n) is 0.836. The summed E-state index contributed by atoms with van der Waals surface area (Å²) < 4.78 is 4.86. The van der Waals surface area contributed by atoms with E-state index in [0.717, 1.165) is 0 Å². The molecule has 1 rings (SSSR count). The van der Waals surface area contributed by atoms with Gasteiger partial charge in [0, 0.05) is 0 Å². The molecular weight excluding hydrogens is 144 g/mol. The second-order valence-corrected chi connectivity index (χ2v) is 2.27. The van der Waals surface area contributed by atoms with Crippen LogP contribution in [0.15, 0.2) is 4.79 Å². The molecule has 1 heterocycles. The van der Waals surface area contributed by atoms with Crippen LogP contribution in [0, 0.1) is 13.8 Å². The van der Waals surface area contributed by atoms with Gasteiger partial charge in [-0.3, -0.25) is 9.78 Å². The molecule has 0 spiro atoms. The Bertz CT molecular complexity index is 317. The zero-order chi connectivity index (χ0) is 8.43. The van der Waals surface area contributed by atoms with Crippen LogP contribution in [0.3, 0.4) is 0 Å². The molecule has 1 aromatic heterocycles. The van der Waals surface area contributed by atoms with Crippen LogP contribution < -0.4 is 10.3 Å². The summed E-state index contributed by atoms with van der Waals surface area (Å²) in [6.45, 7) is 3.44. The zero-order valence-electron chi connectivity index (χ0n) is 6.76. The van der Waals surface area contributed by atoms with E-state index in [-0.39, 0.29) is 5.56 Å². The van der Waals surface area contributed by atoms with Gasteiger partial charge < -0.3 is 4.74 Å². The van der Waals surface area contributed by atoms with Gasteiger partial charge in [0.15, 0.2) is 0 Å². The van der Waals surface area contributed by atoms with Crippen molar-refractivity contribution in [1.29, 1.82) is 0 Å². The quantitative estimate of drug-likeness (QED) is 0.636. The van der Waals surface area contributed by atoms with E-state index in [9.17, 15) is 4.79 Å². The molecule has 0 bridgehead atoms. The predicted molar refractivity (Wildman–Crippen MR) is 40.9 cm³/mol. The number of H-pyrrole nitrogens is 1. The first-order chi connectivity index (χ1) is 5.15. The van der Waals surface area contributed by atoms with Crippen molar-refractivity contribution in [3.63, 3.8) is 0 Å². The summed E-state index contributed by atoms with van der Waals surface area (Å²) in [5.41, 5.74) is 0.959. The summed E-state index contributed by atoms with van der Waals surface area (Å²) >= 11 is 0. The van der Waals surface area contributed by atoms with Gasteiger partial charge in [0.05, 0.1) is 12.8 Å². The van der Waals surface area contributed by atoms with Crippen LogP contribution in [0.2, 0.25) is 0 Å². The molecule has 0 aromatic carbocycles. The molecule has 0 atom stereocenters. The Hall–Kier alpha value is -1.32. The van der Waals surface area contributed by atoms with E-state index in [1.807, 2.05) is 0 Å². The van der Waals surface area contributed by atoms with E-state index < -0.39 is 0 Å². The normalized spacial score (nSPS) is 9.73. The number of nitrogens with one attached hydrogen (secondary N) is 1. The molecule has 0 fully saturated rings. The van der Waals surface area contributed by atoms with Crippen molar-refractivity contribution in [2.45, 2.75) is 13.8 Å². The molecule has 0 saturated heterocycles. The standard InChI is InChI=1S/C7H10N2O2/c1-4-6(10)9-7(11-3)5(2)8-4/h1-3H3,(H,9,10). The van der Waals surface area contributed by atoms with Crippen molar-refractivity contribution in [1.82, 2.24) is 9.97 Å². The van der Waals surface area contributed by atoms with Crippen molar-refractivity contribution in [2.75, 3.05) is 7.11 Å². The van der Waals surface area contributed by atoms with Gasteiger partial charge in [0.2, 0.25) is 5.88 Å². The average molecular weight is 154 g/mol. The highest BCUT2D eigenvalue weighted by molar-refractivity contribution is 5.17. The number of nitrogens with zero attached hydrogens (tertiary/aromatic N) is 1. The largest absolute Gasteiger partial charge is 0.481 e. The number of methoxy groups -OCH3 is 1. The Morgan fingerprint density at radius 3 is 2.55 bits per heavy atom. The van der Waals surface area contributed by atoms with Crippen LogP contribution in [-0.2, 0) is 0 Å². The number of hydrogen-bond acceptors (Lipinski definition) is 3. The van der Waals surface area contributed by atoms with Gasteiger partial charge in [-0.25, -0.2) is 4.98 Å². The van der Waals surface area contributed by atoms with Crippen LogP contribution in [0.25, 0.3) is 0 Å². The molecule has 0 saturated carbocycles. The molecule has 1 aromatic rings. The van der Waals surface area contributed by atoms with Crippen LogP contribution in [0.5, 0.6) is 5.88 Å². The lowest BCUT2D eigenvalue weighted by atomic mass is 10.4. The number of ether oxygens (including phenoxy) is 1. The summed E-state index contributed by atoms with van der Waals surface area (Å²) in [6.07, 6.45) is 0. The maximum atomic E-state index is 11.0. The zero-order valence-corrected chi connectivity index (χ0v) is 6.76. The second-order valence-electron chi connectivity index (χ2n) is 2.27. The molecule has 60 valence electrons. The molecule has 0 aliphatic rings. The first-order valence-electron chi connectivity index (χ1n) is 3.26. The minimum Gasteiger partial charge on any atom is -0.481 e. The van der Waals surface area contributed by atoms with Gasteiger partial charge >= 0.3 is 0 Å². The summed E-state index contributed by atoms with van der Waals surface area (Å²) in [7, 11) is 1.50. The molecule has 0 radical (unpaired) electrons. The van der Waals surface area contributed by atoms with Gasteiger partial charge in [-0.15, -0.1) is 0 Å². The topological polar surface area (TPSA) is 55.0 Å². The third kappa shape index (κ3) is 1.39. The Morgan fingerprint density at radius 2 is 2.00 bits per heavy atom.